The number of aromatic nitrogens is 1. The molecule has 12 heavy (non-hydrogen) atoms. The predicted molar refractivity (Wildman–Crippen MR) is 50.8 cm³/mol. The fraction of sp³-hybridized carbons (Fsp3) is 0.429. The molecule has 5 heteroatoms. The van der Waals surface area contributed by atoms with Crippen molar-refractivity contribution in [2.45, 2.75) is 13.3 Å². The predicted octanol–water partition coefficient (Wildman–Crippen LogP) is 1.88. The zero-order chi connectivity index (χ0) is 8.97. The zero-order valence-electron chi connectivity index (χ0n) is 6.63. The largest absolute Gasteiger partial charge is 0.301 e. The topological polar surface area (TPSA) is 42.0 Å². The molecule has 1 aromatic heterocycles. The first-order valence-electron chi connectivity index (χ1n) is 3.56. The molecule has 1 heterocycles. The Morgan fingerprint density at radius 1 is 1.83 bits per heavy atom. The van der Waals surface area contributed by atoms with E-state index in [1.807, 2.05) is 6.92 Å². The average Bonchev–Trinajstić information content (AvgIpc) is 2.52. The summed E-state index contributed by atoms with van der Waals surface area (Å²) < 4.78 is 0. The molecule has 0 saturated heterocycles. The lowest BCUT2D eigenvalue weighted by molar-refractivity contribution is -0.113. The molecule has 1 amide bonds. The van der Waals surface area contributed by atoms with Crippen LogP contribution in [0.3, 0.4) is 0 Å². The van der Waals surface area contributed by atoms with E-state index in [4.69, 9.17) is 11.6 Å². The zero-order valence-corrected chi connectivity index (χ0v) is 8.21. The second-order valence-electron chi connectivity index (χ2n) is 2.17. The van der Waals surface area contributed by atoms with Crippen molar-refractivity contribution in [2.75, 3.05) is 11.2 Å². The smallest absolute Gasteiger partial charge is 0.241 e. The standard InChI is InChI=1S/C7H9ClN2OS/c1-2-5-4-9-7(12-5)10-6(11)3-8/h4H,2-3H2,1H3,(H,9,10,11). The molecule has 0 atom stereocenters. The number of hydrogen-bond donors (Lipinski definition) is 1. The fourth-order valence-electron chi connectivity index (χ4n) is 0.681. The van der Waals surface area contributed by atoms with Crippen LogP contribution in [-0.2, 0) is 11.2 Å². The van der Waals surface area contributed by atoms with Gasteiger partial charge in [-0.05, 0) is 6.42 Å². The first-order chi connectivity index (χ1) is 5.76. The van der Waals surface area contributed by atoms with Gasteiger partial charge in [-0.2, -0.15) is 0 Å². The number of amides is 1. The van der Waals surface area contributed by atoms with Crippen LogP contribution in [0, 0.1) is 0 Å². The molecule has 0 radical (unpaired) electrons. The molecule has 66 valence electrons. The molecule has 0 aliphatic heterocycles. The third kappa shape index (κ3) is 2.46. The third-order valence-corrected chi connectivity index (χ3v) is 2.57. The summed E-state index contributed by atoms with van der Waals surface area (Å²) in [5.74, 6) is -0.241. The first-order valence-corrected chi connectivity index (χ1v) is 4.92. The average molecular weight is 205 g/mol. The summed E-state index contributed by atoms with van der Waals surface area (Å²) in [5, 5.41) is 3.21. The van der Waals surface area contributed by atoms with Gasteiger partial charge in [0.2, 0.25) is 5.91 Å². The lowest BCUT2D eigenvalue weighted by Crippen LogP contribution is -2.11. The number of nitrogens with zero attached hydrogens (tertiary/aromatic N) is 1. The van der Waals surface area contributed by atoms with E-state index >= 15 is 0 Å². The number of halogens is 1. The fourth-order valence-corrected chi connectivity index (χ4v) is 1.52. The Morgan fingerprint density at radius 2 is 2.58 bits per heavy atom. The van der Waals surface area contributed by atoms with E-state index in [1.165, 1.54) is 11.3 Å². The molecule has 0 spiro atoms. The second-order valence-corrected chi connectivity index (χ2v) is 3.55. The molecular weight excluding hydrogens is 196 g/mol. The Bertz CT molecular complexity index is 274. The van der Waals surface area contributed by atoms with Crippen LogP contribution >= 0.6 is 22.9 Å². The lowest BCUT2D eigenvalue weighted by atomic mass is 10.4. The summed E-state index contributed by atoms with van der Waals surface area (Å²) in [6.45, 7) is 2.04. The van der Waals surface area contributed by atoms with Crippen LogP contribution in [0.1, 0.15) is 11.8 Å². The van der Waals surface area contributed by atoms with Crippen molar-refractivity contribution in [3.63, 3.8) is 0 Å². The number of carbonyl (C=O) groups excluding carboxylic acids is 1. The Balaban J connectivity index is 2.58. The van der Waals surface area contributed by atoms with E-state index in [0.717, 1.165) is 11.3 Å². The van der Waals surface area contributed by atoms with Crippen LogP contribution in [0.4, 0.5) is 5.13 Å². The summed E-state index contributed by atoms with van der Waals surface area (Å²) in [6.07, 6.45) is 2.70. The van der Waals surface area contributed by atoms with E-state index in [0.29, 0.717) is 5.13 Å². The molecule has 1 rings (SSSR count). The summed E-state index contributed by atoms with van der Waals surface area (Å²) in [4.78, 5) is 16.0. The van der Waals surface area contributed by atoms with Gasteiger partial charge in [0.1, 0.15) is 5.88 Å². The molecule has 0 unspecified atom stereocenters. The molecule has 1 aromatic rings. The van der Waals surface area contributed by atoms with Crippen molar-refractivity contribution >= 4 is 34.0 Å². The maximum Gasteiger partial charge on any atom is 0.241 e. The highest BCUT2D eigenvalue weighted by Gasteiger charge is 2.03. The molecule has 0 saturated carbocycles. The van der Waals surface area contributed by atoms with Crippen LogP contribution in [0.5, 0.6) is 0 Å². The van der Waals surface area contributed by atoms with Crippen molar-refractivity contribution in [2.24, 2.45) is 0 Å². The van der Waals surface area contributed by atoms with Crippen LogP contribution in [0.2, 0.25) is 0 Å². The van der Waals surface area contributed by atoms with Crippen molar-refractivity contribution < 1.29 is 4.79 Å². The molecule has 0 fully saturated rings. The second kappa shape index (κ2) is 4.42. The van der Waals surface area contributed by atoms with Crippen LogP contribution in [0.25, 0.3) is 0 Å². The number of aryl methyl sites for hydroxylation is 1. The summed E-state index contributed by atoms with van der Waals surface area (Å²) in [5.41, 5.74) is 0. The van der Waals surface area contributed by atoms with Gasteiger partial charge >= 0.3 is 0 Å². The minimum Gasteiger partial charge on any atom is -0.301 e. The summed E-state index contributed by atoms with van der Waals surface area (Å²) >= 11 is 6.78. The van der Waals surface area contributed by atoms with Gasteiger partial charge in [-0.3, -0.25) is 4.79 Å². The highest BCUT2D eigenvalue weighted by atomic mass is 35.5. The Labute approximate surface area is 79.8 Å². The van der Waals surface area contributed by atoms with Crippen molar-refractivity contribution in [1.29, 1.82) is 0 Å². The Kier molecular flexibility index (Phi) is 3.49. The van der Waals surface area contributed by atoms with E-state index in [-0.39, 0.29) is 11.8 Å². The van der Waals surface area contributed by atoms with Gasteiger partial charge in [-0.25, -0.2) is 4.98 Å². The van der Waals surface area contributed by atoms with Crippen LogP contribution in [-0.4, -0.2) is 16.8 Å². The number of rotatable bonds is 3. The normalized spacial score (nSPS) is 9.83. The molecule has 1 N–H and O–H groups in total. The minimum absolute atomic E-state index is 0.0267. The van der Waals surface area contributed by atoms with Gasteiger partial charge in [0.25, 0.3) is 0 Å². The highest BCUT2D eigenvalue weighted by molar-refractivity contribution is 7.15. The molecule has 0 aliphatic carbocycles. The maximum atomic E-state index is 10.8. The molecule has 3 nitrogen and oxygen atoms in total. The number of alkyl halides is 1. The number of carbonyl (C=O) groups is 1. The Morgan fingerprint density at radius 3 is 3.08 bits per heavy atom. The maximum absolute atomic E-state index is 10.8. The molecule has 0 bridgehead atoms. The number of thiazole rings is 1. The van der Waals surface area contributed by atoms with Gasteiger partial charge in [0.15, 0.2) is 5.13 Å². The van der Waals surface area contributed by atoms with E-state index in [1.54, 1.807) is 6.20 Å². The van der Waals surface area contributed by atoms with E-state index < -0.39 is 0 Å². The van der Waals surface area contributed by atoms with Crippen molar-refractivity contribution in [1.82, 2.24) is 4.98 Å². The van der Waals surface area contributed by atoms with Gasteiger partial charge in [0, 0.05) is 11.1 Å². The van der Waals surface area contributed by atoms with Gasteiger partial charge in [-0.15, -0.1) is 22.9 Å². The monoisotopic (exact) mass is 204 g/mol. The number of anilines is 1. The highest BCUT2D eigenvalue weighted by Crippen LogP contribution is 2.17. The van der Waals surface area contributed by atoms with Crippen LogP contribution < -0.4 is 5.32 Å². The summed E-state index contributed by atoms with van der Waals surface area (Å²) in [6, 6.07) is 0. The molecule has 0 aromatic carbocycles. The van der Waals surface area contributed by atoms with Gasteiger partial charge in [0.05, 0.1) is 0 Å². The lowest BCUT2D eigenvalue weighted by Gasteiger charge is -1.94. The quantitative estimate of drug-likeness (QED) is 0.764. The number of hydrogen-bond acceptors (Lipinski definition) is 3. The summed E-state index contributed by atoms with van der Waals surface area (Å²) in [7, 11) is 0. The Hall–Kier alpha value is -0.610. The molecule has 0 aliphatic rings. The van der Waals surface area contributed by atoms with E-state index in [2.05, 4.69) is 10.3 Å². The molecular formula is C7H9ClN2OS. The minimum atomic E-state index is -0.214. The SMILES string of the molecule is CCc1cnc(NC(=O)CCl)s1. The van der Waals surface area contributed by atoms with E-state index in [9.17, 15) is 4.79 Å². The van der Waals surface area contributed by atoms with Gasteiger partial charge < -0.3 is 5.32 Å². The third-order valence-electron chi connectivity index (χ3n) is 1.27. The number of nitrogens with one attached hydrogen (secondary N) is 1. The first kappa shape index (κ1) is 9.48. The van der Waals surface area contributed by atoms with Crippen molar-refractivity contribution in [3.05, 3.63) is 11.1 Å². The van der Waals surface area contributed by atoms with Crippen LogP contribution in [0.15, 0.2) is 6.20 Å². The van der Waals surface area contributed by atoms with Gasteiger partial charge in [-0.1, -0.05) is 6.92 Å². The van der Waals surface area contributed by atoms with Crippen molar-refractivity contribution in [3.8, 4) is 0 Å².